The summed E-state index contributed by atoms with van der Waals surface area (Å²) in [5.41, 5.74) is 2.92. The number of aryl methyl sites for hydroxylation is 1. The second-order valence-electron chi connectivity index (χ2n) is 4.40. The first-order chi connectivity index (χ1) is 8.99. The highest BCUT2D eigenvalue weighted by molar-refractivity contribution is 5.28. The minimum absolute atomic E-state index is 0.209. The van der Waals surface area contributed by atoms with Crippen molar-refractivity contribution in [1.82, 2.24) is 15.3 Å². The van der Waals surface area contributed by atoms with Crippen LogP contribution in [-0.4, -0.2) is 29.3 Å². The van der Waals surface area contributed by atoms with E-state index in [1.807, 2.05) is 6.92 Å². The van der Waals surface area contributed by atoms with E-state index in [4.69, 9.17) is 0 Å². The second-order valence-corrected chi connectivity index (χ2v) is 4.40. The summed E-state index contributed by atoms with van der Waals surface area (Å²) >= 11 is 0. The standard InChI is InChI=1S/C12H16F3N3O/c1-2-9-8-3-4-16-5-10(8)18-11(17-9)6-19-7-12(13,14)15/h16H,2-7H2,1H3. The summed E-state index contributed by atoms with van der Waals surface area (Å²) in [5, 5.41) is 3.19. The molecule has 1 aliphatic heterocycles. The van der Waals surface area contributed by atoms with Gasteiger partial charge >= 0.3 is 6.18 Å². The monoisotopic (exact) mass is 275 g/mol. The van der Waals surface area contributed by atoms with Crippen LogP contribution in [0.25, 0.3) is 0 Å². The van der Waals surface area contributed by atoms with E-state index in [0.29, 0.717) is 12.4 Å². The number of hydrogen-bond donors (Lipinski definition) is 1. The Morgan fingerprint density at radius 1 is 1.32 bits per heavy atom. The van der Waals surface area contributed by atoms with Gasteiger partial charge in [0.25, 0.3) is 0 Å². The van der Waals surface area contributed by atoms with Crippen LogP contribution in [0.3, 0.4) is 0 Å². The van der Waals surface area contributed by atoms with Gasteiger partial charge < -0.3 is 10.1 Å². The van der Waals surface area contributed by atoms with Crippen LogP contribution in [0.5, 0.6) is 0 Å². The van der Waals surface area contributed by atoms with Crippen molar-refractivity contribution in [3.8, 4) is 0 Å². The smallest absolute Gasteiger partial charge is 0.364 e. The summed E-state index contributed by atoms with van der Waals surface area (Å²) in [5.74, 6) is 0.323. The lowest BCUT2D eigenvalue weighted by atomic mass is 10.0. The number of rotatable bonds is 4. The number of fused-ring (bicyclic) bond motifs is 1. The fourth-order valence-corrected chi connectivity index (χ4v) is 2.11. The molecule has 0 saturated heterocycles. The van der Waals surface area contributed by atoms with E-state index in [2.05, 4.69) is 20.0 Å². The molecular formula is C12H16F3N3O. The summed E-state index contributed by atoms with van der Waals surface area (Å²) in [7, 11) is 0. The first-order valence-electron chi connectivity index (χ1n) is 6.22. The van der Waals surface area contributed by atoms with Crippen molar-refractivity contribution in [1.29, 1.82) is 0 Å². The lowest BCUT2D eigenvalue weighted by molar-refractivity contribution is -0.177. The minimum Gasteiger partial charge on any atom is -0.364 e. The van der Waals surface area contributed by atoms with E-state index < -0.39 is 12.8 Å². The highest BCUT2D eigenvalue weighted by Crippen LogP contribution is 2.18. The number of ether oxygens (including phenoxy) is 1. The van der Waals surface area contributed by atoms with Gasteiger partial charge in [-0.25, -0.2) is 9.97 Å². The van der Waals surface area contributed by atoms with Crippen LogP contribution in [-0.2, 0) is 30.7 Å². The average molecular weight is 275 g/mol. The van der Waals surface area contributed by atoms with Gasteiger partial charge in [0.1, 0.15) is 13.2 Å². The molecule has 2 heterocycles. The third-order valence-corrected chi connectivity index (χ3v) is 2.90. The molecule has 106 valence electrons. The number of nitrogens with zero attached hydrogens (tertiary/aromatic N) is 2. The van der Waals surface area contributed by atoms with Gasteiger partial charge in [-0.3, -0.25) is 0 Å². The van der Waals surface area contributed by atoms with Gasteiger partial charge in [-0.2, -0.15) is 13.2 Å². The zero-order valence-corrected chi connectivity index (χ0v) is 10.7. The number of alkyl halides is 3. The summed E-state index contributed by atoms with van der Waals surface area (Å²) in [4.78, 5) is 8.57. The van der Waals surface area contributed by atoms with Gasteiger partial charge in [0.2, 0.25) is 0 Å². The van der Waals surface area contributed by atoms with Crippen LogP contribution >= 0.6 is 0 Å². The maximum atomic E-state index is 12.0. The van der Waals surface area contributed by atoms with Gasteiger partial charge in [-0.1, -0.05) is 6.92 Å². The Morgan fingerprint density at radius 2 is 2.11 bits per heavy atom. The van der Waals surface area contributed by atoms with Crippen molar-refractivity contribution < 1.29 is 17.9 Å². The third kappa shape index (κ3) is 3.87. The SMILES string of the molecule is CCc1nc(COCC(F)(F)F)nc2c1CCNC2. The zero-order valence-electron chi connectivity index (χ0n) is 10.7. The molecule has 1 aromatic heterocycles. The number of aromatic nitrogens is 2. The number of halogens is 3. The van der Waals surface area contributed by atoms with Crippen LogP contribution in [0.2, 0.25) is 0 Å². The van der Waals surface area contributed by atoms with E-state index >= 15 is 0 Å². The molecule has 0 saturated carbocycles. The van der Waals surface area contributed by atoms with Crippen molar-refractivity contribution in [3.05, 3.63) is 22.8 Å². The van der Waals surface area contributed by atoms with Gasteiger partial charge in [0, 0.05) is 12.2 Å². The lowest BCUT2D eigenvalue weighted by Gasteiger charge is -2.19. The predicted molar refractivity (Wildman–Crippen MR) is 62.5 cm³/mol. The Hall–Kier alpha value is -1.21. The van der Waals surface area contributed by atoms with Crippen molar-refractivity contribution in [2.75, 3.05) is 13.2 Å². The Labute approximate surface area is 109 Å². The third-order valence-electron chi connectivity index (χ3n) is 2.90. The molecule has 0 unspecified atom stereocenters. The van der Waals surface area contributed by atoms with Crippen LogP contribution in [0.1, 0.15) is 29.7 Å². The highest BCUT2D eigenvalue weighted by atomic mass is 19.4. The van der Waals surface area contributed by atoms with E-state index in [0.717, 1.165) is 36.3 Å². The molecule has 1 aromatic rings. The maximum Gasteiger partial charge on any atom is 0.411 e. The van der Waals surface area contributed by atoms with Gasteiger partial charge in [0.05, 0.1) is 5.69 Å². The molecule has 1 N–H and O–H groups in total. The molecule has 7 heteroatoms. The molecule has 19 heavy (non-hydrogen) atoms. The fraction of sp³-hybridized carbons (Fsp3) is 0.667. The summed E-state index contributed by atoms with van der Waals surface area (Å²) in [6.07, 6.45) is -2.71. The Morgan fingerprint density at radius 3 is 2.79 bits per heavy atom. The number of nitrogens with one attached hydrogen (secondary N) is 1. The first kappa shape index (κ1) is 14.2. The molecule has 2 rings (SSSR count). The number of hydrogen-bond acceptors (Lipinski definition) is 4. The van der Waals surface area contributed by atoms with Crippen molar-refractivity contribution >= 4 is 0 Å². The van der Waals surface area contributed by atoms with Crippen molar-refractivity contribution in [3.63, 3.8) is 0 Å². The molecule has 4 nitrogen and oxygen atoms in total. The Kier molecular flexibility index (Phi) is 4.36. The normalized spacial score (nSPS) is 15.4. The van der Waals surface area contributed by atoms with Crippen LogP contribution in [0.4, 0.5) is 13.2 Å². The first-order valence-corrected chi connectivity index (χ1v) is 6.22. The molecule has 1 aliphatic rings. The van der Waals surface area contributed by atoms with Gasteiger partial charge in [0.15, 0.2) is 5.82 Å². The van der Waals surface area contributed by atoms with E-state index in [1.54, 1.807) is 0 Å². The highest BCUT2D eigenvalue weighted by Gasteiger charge is 2.27. The minimum atomic E-state index is -4.32. The van der Waals surface area contributed by atoms with Crippen LogP contribution in [0.15, 0.2) is 0 Å². The van der Waals surface area contributed by atoms with Gasteiger partial charge in [-0.05, 0) is 24.9 Å². The quantitative estimate of drug-likeness (QED) is 0.909. The zero-order chi connectivity index (χ0) is 13.9. The van der Waals surface area contributed by atoms with Crippen LogP contribution in [0, 0.1) is 0 Å². The van der Waals surface area contributed by atoms with Crippen molar-refractivity contribution in [2.24, 2.45) is 0 Å². The molecule has 0 fully saturated rings. The van der Waals surface area contributed by atoms with E-state index in [1.165, 1.54) is 0 Å². The average Bonchev–Trinajstić information content (AvgIpc) is 2.36. The maximum absolute atomic E-state index is 12.0. The second kappa shape index (κ2) is 5.83. The lowest BCUT2D eigenvalue weighted by Crippen LogP contribution is -2.27. The summed E-state index contributed by atoms with van der Waals surface area (Å²) in [6, 6.07) is 0. The van der Waals surface area contributed by atoms with E-state index in [9.17, 15) is 13.2 Å². The Balaban J connectivity index is 2.09. The molecule has 0 aromatic carbocycles. The van der Waals surface area contributed by atoms with E-state index in [-0.39, 0.29) is 6.61 Å². The summed E-state index contributed by atoms with van der Waals surface area (Å²) in [6.45, 7) is 2.02. The molecule has 0 bridgehead atoms. The topological polar surface area (TPSA) is 47.0 Å². The molecule has 0 amide bonds. The van der Waals surface area contributed by atoms with Crippen molar-refractivity contribution in [2.45, 2.75) is 39.1 Å². The molecule has 0 radical (unpaired) electrons. The fourth-order valence-electron chi connectivity index (χ4n) is 2.11. The Bertz CT molecular complexity index is 431. The largest absolute Gasteiger partial charge is 0.411 e. The molecule has 0 spiro atoms. The molecular weight excluding hydrogens is 259 g/mol. The predicted octanol–water partition coefficient (Wildman–Crippen LogP) is 1.76. The summed E-state index contributed by atoms with van der Waals surface area (Å²) < 4.78 is 40.6. The molecule has 0 aliphatic carbocycles. The van der Waals surface area contributed by atoms with Gasteiger partial charge in [-0.15, -0.1) is 0 Å². The molecule has 0 atom stereocenters. The van der Waals surface area contributed by atoms with Crippen LogP contribution < -0.4 is 5.32 Å².